The number of aromatic nitrogens is 3. The average Bonchev–Trinajstić information content (AvgIpc) is 3.09. The molecular formula is C19H17N5O3S. The SMILES string of the molecule is COc1ccc(Nc2nc(N)n(S(=O)(=O)c3cccc4ccccc34)n2)cc1. The Bertz CT molecular complexity index is 1250. The number of nitrogens with zero attached hydrogens (tertiary/aromatic N) is 3. The number of rotatable bonds is 5. The molecule has 1 aromatic heterocycles. The molecule has 0 saturated carbocycles. The Morgan fingerprint density at radius 1 is 1.00 bits per heavy atom. The van der Waals surface area contributed by atoms with Gasteiger partial charge in [-0.15, -0.1) is 9.19 Å². The Hall–Kier alpha value is -3.59. The Morgan fingerprint density at radius 3 is 2.46 bits per heavy atom. The van der Waals surface area contributed by atoms with Crippen LogP contribution < -0.4 is 15.8 Å². The largest absolute Gasteiger partial charge is 0.497 e. The molecule has 0 spiro atoms. The monoisotopic (exact) mass is 395 g/mol. The Kier molecular flexibility index (Phi) is 4.36. The maximum Gasteiger partial charge on any atom is 0.286 e. The molecule has 142 valence electrons. The highest BCUT2D eigenvalue weighted by Crippen LogP contribution is 2.26. The normalized spacial score (nSPS) is 11.5. The van der Waals surface area contributed by atoms with Crippen LogP contribution in [0.15, 0.2) is 71.6 Å². The number of hydrogen-bond donors (Lipinski definition) is 2. The molecule has 0 amide bonds. The van der Waals surface area contributed by atoms with E-state index in [9.17, 15) is 8.42 Å². The molecule has 0 aliphatic heterocycles. The van der Waals surface area contributed by atoms with Crippen LogP contribution in [0.25, 0.3) is 10.8 Å². The third-order valence-electron chi connectivity index (χ3n) is 4.20. The topological polar surface area (TPSA) is 112 Å². The summed E-state index contributed by atoms with van der Waals surface area (Å²) >= 11 is 0. The minimum absolute atomic E-state index is 0.0754. The van der Waals surface area contributed by atoms with E-state index >= 15 is 0 Å². The van der Waals surface area contributed by atoms with Crippen molar-refractivity contribution in [1.82, 2.24) is 14.2 Å². The van der Waals surface area contributed by atoms with Crippen LogP contribution in [0.4, 0.5) is 17.6 Å². The third-order valence-corrected chi connectivity index (χ3v) is 5.84. The molecule has 0 fully saturated rings. The summed E-state index contributed by atoms with van der Waals surface area (Å²) in [6, 6.07) is 19.3. The van der Waals surface area contributed by atoms with E-state index in [4.69, 9.17) is 10.5 Å². The van der Waals surface area contributed by atoms with Gasteiger partial charge in [-0.05, 0) is 35.7 Å². The molecule has 0 atom stereocenters. The second kappa shape index (κ2) is 6.86. The smallest absolute Gasteiger partial charge is 0.286 e. The van der Waals surface area contributed by atoms with E-state index in [1.807, 2.05) is 18.2 Å². The van der Waals surface area contributed by atoms with Gasteiger partial charge < -0.3 is 15.8 Å². The van der Waals surface area contributed by atoms with Crippen molar-refractivity contribution in [2.24, 2.45) is 0 Å². The first-order valence-corrected chi connectivity index (χ1v) is 9.80. The lowest BCUT2D eigenvalue weighted by Crippen LogP contribution is -2.17. The highest BCUT2D eigenvalue weighted by molar-refractivity contribution is 7.90. The van der Waals surface area contributed by atoms with Crippen molar-refractivity contribution in [2.45, 2.75) is 4.90 Å². The second-order valence-electron chi connectivity index (χ2n) is 5.97. The zero-order valence-electron chi connectivity index (χ0n) is 14.9. The van der Waals surface area contributed by atoms with E-state index in [0.29, 0.717) is 16.8 Å². The van der Waals surface area contributed by atoms with Gasteiger partial charge in [0.25, 0.3) is 10.0 Å². The van der Waals surface area contributed by atoms with Crippen molar-refractivity contribution >= 4 is 38.4 Å². The molecule has 8 nitrogen and oxygen atoms in total. The van der Waals surface area contributed by atoms with Crippen LogP contribution >= 0.6 is 0 Å². The van der Waals surface area contributed by atoms with Crippen molar-refractivity contribution in [2.75, 3.05) is 18.2 Å². The molecule has 0 saturated heterocycles. The van der Waals surface area contributed by atoms with Gasteiger partial charge in [-0.25, -0.2) is 0 Å². The molecule has 0 radical (unpaired) electrons. The van der Waals surface area contributed by atoms with Gasteiger partial charge in [0.1, 0.15) is 5.75 Å². The Balaban J connectivity index is 1.72. The molecule has 1 heterocycles. The Morgan fingerprint density at radius 2 is 1.71 bits per heavy atom. The minimum Gasteiger partial charge on any atom is -0.497 e. The van der Waals surface area contributed by atoms with E-state index in [1.54, 1.807) is 49.6 Å². The van der Waals surface area contributed by atoms with Crippen LogP contribution in [0.1, 0.15) is 0 Å². The number of nitrogens with two attached hydrogens (primary N) is 1. The number of methoxy groups -OCH3 is 1. The lowest BCUT2D eigenvalue weighted by Gasteiger charge is -2.08. The Labute approximate surface area is 161 Å². The second-order valence-corrected chi connectivity index (χ2v) is 7.71. The fourth-order valence-corrected chi connectivity index (χ4v) is 4.23. The zero-order chi connectivity index (χ0) is 19.7. The van der Waals surface area contributed by atoms with Crippen LogP contribution in [0.5, 0.6) is 5.75 Å². The summed E-state index contributed by atoms with van der Waals surface area (Å²) in [5.74, 6) is 0.539. The number of benzene rings is 3. The third kappa shape index (κ3) is 3.12. The predicted octanol–water partition coefficient (Wildman–Crippen LogP) is 3.00. The number of nitrogens with one attached hydrogen (secondary N) is 1. The lowest BCUT2D eigenvalue weighted by atomic mass is 10.1. The van der Waals surface area contributed by atoms with E-state index in [-0.39, 0.29) is 16.8 Å². The van der Waals surface area contributed by atoms with Crippen molar-refractivity contribution < 1.29 is 13.2 Å². The summed E-state index contributed by atoms with van der Waals surface area (Å²) in [7, 11) is -2.45. The van der Waals surface area contributed by atoms with Crippen LogP contribution in [0, 0.1) is 0 Å². The summed E-state index contributed by atoms with van der Waals surface area (Å²) in [6.45, 7) is 0. The first-order chi connectivity index (χ1) is 13.5. The molecule has 3 aromatic carbocycles. The molecule has 0 bridgehead atoms. The molecule has 28 heavy (non-hydrogen) atoms. The number of nitrogen functional groups attached to an aromatic ring is 1. The van der Waals surface area contributed by atoms with Crippen LogP contribution in [-0.2, 0) is 10.0 Å². The van der Waals surface area contributed by atoms with E-state index in [2.05, 4.69) is 15.4 Å². The molecule has 4 rings (SSSR count). The molecule has 4 aromatic rings. The van der Waals surface area contributed by atoms with Crippen LogP contribution in [-0.4, -0.2) is 29.7 Å². The molecule has 9 heteroatoms. The van der Waals surface area contributed by atoms with Gasteiger partial charge in [0.05, 0.1) is 12.0 Å². The number of hydrogen-bond acceptors (Lipinski definition) is 7. The van der Waals surface area contributed by atoms with Crippen LogP contribution in [0.2, 0.25) is 0 Å². The molecule has 3 N–H and O–H groups in total. The number of ether oxygens (including phenoxy) is 1. The maximum atomic E-state index is 13.2. The van der Waals surface area contributed by atoms with Crippen molar-refractivity contribution in [3.8, 4) is 5.75 Å². The first-order valence-electron chi connectivity index (χ1n) is 8.36. The van der Waals surface area contributed by atoms with Crippen molar-refractivity contribution in [3.63, 3.8) is 0 Å². The molecule has 0 unspecified atom stereocenters. The summed E-state index contributed by atoms with van der Waals surface area (Å²) in [6.07, 6.45) is 0. The summed E-state index contributed by atoms with van der Waals surface area (Å²) in [5.41, 5.74) is 6.53. The fourth-order valence-electron chi connectivity index (χ4n) is 2.86. The lowest BCUT2D eigenvalue weighted by molar-refractivity contribution is 0.415. The number of fused-ring (bicyclic) bond motifs is 1. The van der Waals surface area contributed by atoms with E-state index in [0.717, 1.165) is 9.47 Å². The van der Waals surface area contributed by atoms with Gasteiger partial charge in [0, 0.05) is 11.1 Å². The van der Waals surface area contributed by atoms with E-state index < -0.39 is 10.0 Å². The van der Waals surface area contributed by atoms with Crippen molar-refractivity contribution in [1.29, 1.82) is 0 Å². The highest BCUT2D eigenvalue weighted by atomic mass is 32.2. The predicted molar refractivity (Wildman–Crippen MR) is 107 cm³/mol. The molecular weight excluding hydrogens is 378 g/mol. The summed E-state index contributed by atoms with van der Waals surface area (Å²) in [4.78, 5) is 4.14. The zero-order valence-corrected chi connectivity index (χ0v) is 15.7. The minimum atomic E-state index is -4.02. The van der Waals surface area contributed by atoms with Gasteiger partial charge in [-0.1, -0.05) is 36.4 Å². The van der Waals surface area contributed by atoms with Gasteiger partial charge in [0.15, 0.2) is 0 Å². The molecule has 0 aliphatic rings. The number of anilines is 3. The molecule has 0 aliphatic carbocycles. The first kappa shape index (κ1) is 17.8. The maximum absolute atomic E-state index is 13.2. The van der Waals surface area contributed by atoms with Gasteiger partial charge in [-0.3, -0.25) is 0 Å². The standard InChI is InChI=1S/C19H17N5O3S/c1-27-15-11-9-14(10-12-15)21-19-22-18(20)24(23-19)28(25,26)17-8-4-6-13-5-2-3-7-16(13)17/h2-12H,1H3,(H3,20,21,22,23). The van der Waals surface area contributed by atoms with Gasteiger partial charge >= 0.3 is 0 Å². The van der Waals surface area contributed by atoms with Crippen LogP contribution in [0.3, 0.4) is 0 Å². The van der Waals surface area contributed by atoms with E-state index in [1.165, 1.54) is 6.07 Å². The van der Waals surface area contributed by atoms with Gasteiger partial charge in [0.2, 0.25) is 11.9 Å². The van der Waals surface area contributed by atoms with Crippen molar-refractivity contribution in [3.05, 3.63) is 66.7 Å². The quantitative estimate of drug-likeness (QED) is 0.534. The average molecular weight is 395 g/mol. The summed E-state index contributed by atoms with van der Waals surface area (Å²) < 4.78 is 32.2. The summed E-state index contributed by atoms with van der Waals surface area (Å²) in [5, 5.41) is 8.38. The highest BCUT2D eigenvalue weighted by Gasteiger charge is 2.24. The fraction of sp³-hybridized carbons (Fsp3) is 0.0526. The van der Waals surface area contributed by atoms with Gasteiger partial charge in [-0.2, -0.15) is 13.4 Å².